The normalized spacial score (nSPS) is 13.6. The molecule has 1 N–H and O–H groups in total. The third kappa shape index (κ3) is 5.12. The third-order valence-corrected chi connectivity index (χ3v) is 5.85. The fourth-order valence-corrected chi connectivity index (χ4v) is 4.14. The number of benzene rings is 2. The second-order valence-electron chi connectivity index (χ2n) is 6.53. The van der Waals surface area contributed by atoms with Crippen molar-refractivity contribution in [2.75, 3.05) is 14.2 Å². The SMILES string of the molecule is COC(=O)c1cccc(COC(=O)c2ccc(OC)c(S(=O)(=O)NC3CC3)c2)c1. The monoisotopic (exact) mass is 419 g/mol. The second kappa shape index (κ2) is 8.62. The number of ether oxygens (including phenoxy) is 3. The maximum atomic E-state index is 12.6. The number of hydrogen-bond donors (Lipinski definition) is 1. The van der Waals surface area contributed by atoms with Crippen molar-refractivity contribution in [3.8, 4) is 5.75 Å². The van der Waals surface area contributed by atoms with E-state index in [1.807, 2.05) is 0 Å². The zero-order chi connectivity index (χ0) is 21.0. The molecule has 1 aliphatic rings. The first-order chi connectivity index (χ1) is 13.8. The summed E-state index contributed by atoms with van der Waals surface area (Å²) in [6, 6.07) is 10.5. The molecule has 0 amide bonds. The lowest BCUT2D eigenvalue weighted by molar-refractivity contribution is 0.0472. The molecule has 8 nitrogen and oxygen atoms in total. The Morgan fingerprint density at radius 2 is 1.76 bits per heavy atom. The number of rotatable bonds is 8. The van der Waals surface area contributed by atoms with E-state index < -0.39 is 22.0 Å². The standard InChI is InChI=1S/C20H21NO7S/c1-26-17-9-6-15(11-18(17)29(24,25)21-16-7-8-16)20(23)28-12-13-4-3-5-14(10-13)19(22)27-2/h3-6,9-11,16,21H,7-8,12H2,1-2H3. The molecule has 2 aromatic carbocycles. The molecular formula is C20H21NO7S. The van der Waals surface area contributed by atoms with Crippen molar-refractivity contribution in [3.63, 3.8) is 0 Å². The maximum absolute atomic E-state index is 12.6. The summed E-state index contributed by atoms with van der Waals surface area (Å²) >= 11 is 0. The fourth-order valence-electron chi connectivity index (χ4n) is 2.64. The summed E-state index contributed by atoms with van der Waals surface area (Å²) < 4.78 is 42.7. The summed E-state index contributed by atoms with van der Waals surface area (Å²) in [5.74, 6) is -1.05. The molecule has 0 aromatic heterocycles. The first-order valence-corrected chi connectivity index (χ1v) is 10.4. The Morgan fingerprint density at radius 1 is 1.03 bits per heavy atom. The van der Waals surface area contributed by atoms with E-state index in [9.17, 15) is 18.0 Å². The van der Waals surface area contributed by atoms with Gasteiger partial charge in [0.15, 0.2) is 0 Å². The van der Waals surface area contributed by atoms with Crippen LogP contribution < -0.4 is 9.46 Å². The molecular weight excluding hydrogens is 398 g/mol. The average molecular weight is 419 g/mol. The number of methoxy groups -OCH3 is 2. The lowest BCUT2D eigenvalue weighted by Crippen LogP contribution is -2.26. The quantitative estimate of drug-likeness (QED) is 0.654. The van der Waals surface area contributed by atoms with Gasteiger partial charge in [0, 0.05) is 6.04 Å². The lowest BCUT2D eigenvalue weighted by atomic mass is 10.1. The summed E-state index contributed by atoms with van der Waals surface area (Å²) in [6.07, 6.45) is 1.57. The van der Waals surface area contributed by atoms with Crippen LogP contribution in [0.25, 0.3) is 0 Å². The minimum atomic E-state index is -3.82. The Balaban J connectivity index is 1.76. The molecule has 29 heavy (non-hydrogen) atoms. The molecule has 0 bridgehead atoms. The first-order valence-electron chi connectivity index (χ1n) is 8.89. The van der Waals surface area contributed by atoms with Gasteiger partial charge in [0.25, 0.3) is 0 Å². The molecule has 0 atom stereocenters. The molecule has 0 radical (unpaired) electrons. The third-order valence-electron chi connectivity index (χ3n) is 4.31. The van der Waals surface area contributed by atoms with Crippen molar-refractivity contribution in [1.82, 2.24) is 4.72 Å². The molecule has 1 saturated carbocycles. The van der Waals surface area contributed by atoms with Crippen molar-refractivity contribution in [2.45, 2.75) is 30.4 Å². The topological polar surface area (TPSA) is 108 Å². The van der Waals surface area contributed by atoms with Crippen molar-refractivity contribution in [3.05, 3.63) is 59.2 Å². The number of carbonyl (C=O) groups excluding carboxylic acids is 2. The van der Waals surface area contributed by atoms with Gasteiger partial charge in [-0.15, -0.1) is 0 Å². The average Bonchev–Trinajstić information content (AvgIpc) is 3.54. The Morgan fingerprint density at radius 3 is 2.41 bits per heavy atom. The molecule has 0 unspecified atom stereocenters. The zero-order valence-electron chi connectivity index (χ0n) is 16.0. The summed E-state index contributed by atoms with van der Waals surface area (Å²) in [7, 11) is -1.18. The van der Waals surface area contributed by atoms with Crippen molar-refractivity contribution < 1.29 is 32.2 Å². The van der Waals surface area contributed by atoms with E-state index in [-0.39, 0.29) is 28.9 Å². The van der Waals surface area contributed by atoms with Gasteiger partial charge in [-0.3, -0.25) is 0 Å². The lowest BCUT2D eigenvalue weighted by Gasteiger charge is -2.12. The van der Waals surface area contributed by atoms with Crippen LogP contribution in [0.2, 0.25) is 0 Å². The van der Waals surface area contributed by atoms with Crippen LogP contribution >= 0.6 is 0 Å². The molecule has 0 saturated heterocycles. The molecule has 9 heteroatoms. The smallest absolute Gasteiger partial charge is 0.338 e. The number of hydrogen-bond acceptors (Lipinski definition) is 7. The van der Waals surface area contributed by atoms with Crippen molar-refractivity contribution in [2.24, 2.45) is 0 Å². The number of carbonyl (C=O) groups is 2. The van der Waals surface area contributed by atoms with Gasteiger partial charge >= 0.3 is 11.9 Å². The highest BCUT2D eigenvalue weighted by molar-refractivity contribution is 7.89. The molecule has 0 aliphatic heterocycles. The van der Waals surface area contributed by atoms with Crippen LogP contribution in [0.3, 0.4) is 0 Å². The molecule has 3 rings (SSSR count). The highest BCUT2D eigenvalue weighted by Gasteiger charge is 2.30. The van der Waals surface area contributed by atoms with Gasteiger partial charge < -0.3 is 14.2 Å². The van der Waals surface area contributed by atoms with E-state index in [4.69, 9.17) is 9.47 Å². The Labute approximate surface area is 168 Å². The molecule has 1 fully saturated rings. The van der Waals surface area contributed by atoms with Crippen LogP contribution in [0, 0.1) is 0 Å². The van der Waals surface area contributed by atoms with Gasteiger partial charge in [-0.2, -0.15) is 0 Å². The summed E-state index contributed by atoms with van der Waals surface area (Å²) in [4.78, 5) is 23.9. The van der Waals surface area contributed by atoms with E-state index in [2.05, 4.69) is 9.46 Å². The summed E-state index contributed by atoms with van der Waals surface area (Å²) in [5, 5.41) is 0. The van der Waals surface area contributed by atoms with Gasteiger partial charge in [-0.05, 0) is 48.7 Å². The second-order valence-corrected chi connectivity index (χ2v) is 8.21. The van der Waals surface area contributed by atoms with Gasteiger partial charge in [-0.25, -0.2) is 22.7 Å². The minimum absolute atomic E-state index is 0.0751. The minimum Gasteiger partial charge on any atom is -0.495 e. The predicted octanol–water partition coefficient (Wildman–Crippen LogP) is 2.28. The number of nitrogens with one attached hydrogen (secondary N) is 1. The van der Waals surface area contributed by atoms with Crippen LogP contribution in [0.15, 0.2) is 47.4 Å². The highest BCUT2D eigenvalue weighted by atomic mass is 32.2. The molecule has 154 valence electrons. The fraction of sp³-hybridized carbons (Fsp3) is 0.300. The largest absolute Gasteiger partial charge is 0.495 e. The van der Waals surface area contributed by atoms with Gasteiger partial charge in [-0.1, -0.05) is 12.1 Å². The molecule has 1 aliphatic carbocycles. The van der Waals surface area contributed by atoms with E-state index in [1.54, 1.807) is 24.3 Å². The Kier molecular flexibility index (Phi) is 6.19. The summed E-state index contributed by atoms with van der Waals surface area (Å²) in [5.41, 5.74) is 1.01. The van der Waals surface area contributed by atoms with Gasteiger partial charge in [0.05, 0.1) is 25.3 Å². The van der Waals surface area contributed by atoms with Crippen LogP contribution in [-0.2, 0) is 26.1 Å². The number of sulfonamides is 1. The van der Waals surface area contributed by atoms with Crippen LogP contribution in [0.1, 0.15) is 39.1 Å². The van der Waals surface area contributed by atoms with E-state index in [1.165, 1.54) is 32.4 Å². The van der Waals surface area contributed by atoms with Crippen molar-refractivity contribution >= 4 is 22.0 Å². The van der Waals surface area contributed by atoms with Crippen LogP contribution in [0.5, 0.6) is 5.75 Å². The predicted molar refractivity (Wildman–Crippen MR) is 103 cm³/mol. The van der Waals surface area contributed by atoms with Gasteiger partial charge in [0.2, 0.25) is 10.0 Å². The van der Waals surface area contributed by atoms with Crippen molar-refractivity contribution in [1.29, 1.82) is 0 Å². The highest BCUT2D eigenvalue weighted by Crippen LogP contribution is 2.28. The first kappa shape index (κ1) is 20.8. The molecule has 2 aromatic rings. The van der Waals surface area contributed by atoms with E-state index in [0.29, 0.717) is 11.1 Å². The summed E-state index contributed by atoms with van der Waals surface area (Å²) in [6.45, 7) is -0.0852. The van der Waals surface area contributed by atoms with E-state index in [0.717, 1.165) is 12.8 Å². The van der Waals surface area contributed by atoms with E-state index >= 15 is 0 Å². The van der Waals surface area contributed by atoms with Gasteiger partial charge in [0.1, 0.15) is 17.3 Å². The Bertz CT molecular complexity index is 1030. The molecule has 0 heterocycles. The maximum Gasteiger partial charge on any atom is 0.338 e. The van der Waals surface area contributed by atoms with Crippen LogP contribution in [0.4, 0.5) is 0 Å². The molecule has 0 spiro atoms. The number of esters is 2. The Hall–Kier alpha value is -2.91. The zero-order valence-corrected chi connectivity index (χ0v) is 16.8. The van der Waals surface area contributed by atoms with Crippen LogP contribution in [-0.4, -0.2) is 40.6 Å².